The van der Waals surface area contributed by atoms with E-state index in [1.807, 2.05) is 6.07 Å². The number of carbonyl (C=O) groups is 1. The van der Waals surface area contributed by atoms with Crippen molar-refractivity contribution in [2.45, 2.75) is 31.5 Å². The Labute approximate surface area is 232 Å². The van der Waals surface area contributed by atoms with Crippen LogP contribution in [-0.2, 0) is 16.4 Å². The molecule has 3 heterocycles. The maximum absolute atomic E-state index is 14.9. The number of anilines is 2. The third-order valence-corrected chi connectivity index (χ3v) is 7.62. The molecule has 0 aliphatic carbocycles. The third kappa shape index (κ3) is 3.72. The van der Waals surface area contributed by atoms with Gasteiger partial charge in [0, 0.05) is 11.3 Å². The number of hydrogen-bond donors (Lipinski definition) is 3. The average molecular weight is 559 g/mol. The lowest BCUT2D eigenvalue weighted by atomic mass is 9.66. The summed E-state index contributed by atoms with van der Waals surface area (Å²) in [5.74, 6) is -0.741. The number of alkyl halides is 3. The van der Waals surface area contributed by atoms with Gasteiger partial charge in [0.25, 0.3) is 0 Å². The van der Waals surface area contributed by atoms with Gasteiger partial charge in [-0.3, -0.25) is 0 Å². The molecule has 0 saturated carbocycles. The second-order valence-electron chi connectivity index (χ2n) is 9.95. The van der Waals surface area contributed by atoms with Crippen LogP contribution < -0.4 is 11.1 Å². The summed E-state index contributed by atoms with van der Waals surface area (Å²) >= 11 is 0. The molecule has 41 heavy (non-hydrogen) atoms. The maximum atomic E-state index is 14.9. The molecule has 2 aromatic heterocycles. The van der Waals surface area contributed by atoms with Crippen LogP contribution in [0.3, 0.4) is 0 Å². The maximum Gasteiger partial charge on any atom is 0.435 e. The fourth-order valence-electron chi connectivity index (χ4n) is 5.98. The van der Waals surface area contributed by atoms with E-state index in [0.717, 1.165) is 4.68 Å². The van der Waals surface area contributed by atoms with E-state index in [1.54, 1.807) is 74.5 Å². The number of nitrogen functional groups attached to an aromatic ring is 1. The average Bonchev–Trinajstić information content (AvgIpc) is 3.59. The lowest BCUT2D eigenvalue weighted by Gasteiger charge is -2.34. The third-order valence-electron chi connectivity index (χ3n) is 7.62. The smallest absolute Gasteiger partial charge is 0.435 e. The van der Waals surface area contributed by atoms with Crippen LogP contribution in [0.2, 0.25) is 0 Å². The highest BCUT2D eigenvalue weighted by molar-refractivity contribution is 5.86. The molecule has 208 valence electrons. The predicted molar refractivity (Wildman–Crippen MR) is 147 cm³/mol. The molecule has 0 saturated heterocycles. The van der Waals surface area contributed by atoms with Gasteiger partial charge in [-0.2, -0.15) is 23.4 Å². The van der Waals surface area contributed by atoms with E-state index < -0.39 is 34.8 Å². The monoisotopic (exact) mass is 558 g/mol. The molecule has 0 spiro atoms. The summed E-state index contributed by atoms with van der Waals surface area (Å²) in [6.07, 6.45) is -4.46. The molecule has 3 aromatic carbocycles. The number of para-hydroxylation sites is 3. The summed E-state index contributed by atoms with van der Waals surface area (Å²) < 4.78 is 47.0. The number of rotatable bonds is 5. The molecule has 0 bridgehead atoms. The van der Waals surface area contributed by atoms with Crippen LogP contribution in [0.15, 0.2) is 78.9 Å². The number of aromatic hydroxyl groups is 1. The Bertz CT molecular complexity index is 1780. The van der Waals surface area contributed by atoms with Gasteiger partial charge in [0.1, 0.15) is 18.1 Å². The molecule has 8 nitrogen and oxygen atoms in total. The van der Waals surface area contributed by atoms with Crippen molar-refractivity contribution < 1.29 is 23.1 Å². The zero-order valence-electron chi connectivity index (χ0n) is 22.0. The van der Waals surface area contributed by atoms with E-state index in [9.17, 15) is 23.1 Å². The van der Waals surface area contributed by atoms with Crippen molar-refractivity contribution in [2.75, 3.05) is 11.1 Å². The second-order valence-corrected chi connectivity index (χ2v) is 9.95. The van der Waals surface area contributed by atoms with Crippen molar-refractivity contribution in [1.29, 1.82) is 0 Å². The van der Waals surface area contributed by atoms with E-state index in [2.05, 4.69) is 15.5 Å². The standard InChI is InChI=1S/C30H25F3N6O2/c1-17-10-9-15-21-25(17)35-22(16-40)29(21,23-18(2)36-38(27(23)34)19-11-5-3-6-12-19)24-26(30(31,32)33)37-39(28(24)41)20-13-7-4-8-14-20/h3-16,22,35,41H,34H2,1-2H3. The molecule has 2 unspecified atom stereocenters. The van der Waals surface area contributed by atoms with Crippen molar-refractivity contribution in [2.24, 2.45) is 0 Å². The summed E-state index contributed by atoms with van der Waals surface area (Å²) in [6.45, 7) is 3.40. The summed E-state index contributed by atoms with van der Waals surface area (Å²) in [6, 6.07) is 20.7. The first-order chi connectivity index (χ1) is 19.6. The van der Waals surface area contributed by atoms with Crippen molar-refractivity contribution in [3.05, 3.63) is 113 Å². The van der Waals surface area contributed by atoms with Crippen LogP contribution in [0.4, 0.5) is 24.7 Å². The van der Waals surface area contributed by atoms with Crippen LogP contribution in [0, 0.1) is 13.8 Å². The van der Waals surface area contributed by atoms with Crippen LogP contribution in [0.25, 0.3) is 11.4 Å². The lowest BCUT2D eigenvalue weighted by molar-refractivity contribution is -0.142. The molecule has 4 N–H and O–H groups in total. The Balaban J connectivity index is 1.80. The first kappa shape index (κ1) is 26.2. The van der Waals surface area contributed by atoms with E-state index in [-0.39, 0.29) is 22.8 Å². The Morgan fingerprint density at radius 2 is 1.51 bits per heavy atom. The Kier molecular flexibility index (Phi) is 5.91. The number of nitrogens with zero attached hydrogens (tertiary/aromatic N) is 4. The van der Waals surface area contributed by atoms with E-state index in [0.29, 0.717) is 28.8 Å². The normalized spacial score (nSPS) is 18.2. The number of carbonyl (C=O) groups excluding carboxylic acids is 1. The number of benzene rings is 3. The van der Waals surface area contributed by atoms with Crippen molar-refractivity contribution in [1.82, 2.24) is 19.6 Å². The zero-order valence-corrected chi connectivity index (χ0v) is 22.0. The van der Waals surface area contributed by atoms with Crippen LogP contribution in [0.5, 0.6) is 5.88 Å². The van der Waals surface area contributed by atoms with Crippen LogP contribution >= 0.6 is 0 Å². The fourth-order valence-corrected chi connectivity index (χ4v) is 5.98. The Morgan fingerprint density at radius 1 is 0.902 bits per heavy atom. The van der Waals surface area contributed by atoms with E-state index in [1.165, 1.54) is 16.8 Å². The molecule has 1 aliphatic heterocycles. The zero-order chi connectivity index (χ0) is 29.1. The number of halogens is 3. The fraction of sp³-hybridized carbons (Fsp3) is 0.167. The molecule has 6 rings (SSSR count). The lowest BCUT2D eigenvalue weighted by Crippen LogP contribution is -2.44. The first-order valence-corrected chi connectivity index (χ1v) is 12.8. The van der Waals surface area contributed by atoms with Gasteiger partial charge in [0.2, 0.25) is 5.88 Å². The molecule has 2 atom stereocenters. The summed E-state index contributed by atoms with van der Waals surface area (Å²) in [5.41, 5.74) is 5.59. The summed E-state index contributed by atoms with van der Waals surface area (Å²) in [4.78, 5) is 12.9. The number of aldehydes is 1. The SMILES string of the molecule is Cc1cccc2c1NC(C=O)C2(c1c(C)nn(-c2ccccc2)c1N)c1c(C(F)(F)F)nn(-c2ccccc2)c1O. The molecule has 1 aliphatic rings. The Morgan fingerprint density at radius 3 is 2.10 bits per heavy atom. The first-order valence-electron chi connectivity index (χ1n) is 12.8. The van der Waals surface area contributed by atoms with Crippen LogP contribution in [0.1, 0.15) is 33.6 Å². The van der Waals surface area contributed by atoms with Gasteiger partial charge in [-0.05, 0) is 49.2 Å². The Hall–Kier alpha value is -5.06. The van der Waals surface area contributed by atoms with E-state index in [4.69, 9.17) is 5.73 Å². The van der Waals surface area contributed by atoms with E-state index >= 15 is 0 Å². The molecular weight excluding hydrogens is 533 g/mol. The highest BCUT2D eigenvalue weighted by Crippen LogP contribution is 2.58. The number of aryl methyl sites for hydroxylation is 2. The number of hydrogen-bond acceptors (Lipinski definition) is 6. The van der Waals surface area contributed by atoms with Crippen molar-refractivity contribution >= 4 is 17.8 Å². The minimum absolute atomic E-state index is 0.0247. The number of fused-ring (bicyclic) bond motifs is 1. The number of nitrogens with one attached hydrogen (secondary N) is 1. The minimum Gasteiger partial charge on any atom is -0.493 e. The van der Waals surface area contributed by atoms with Gasteiger partial charge in [-0.25, -0.2) is 9.36 Å². The topological polar surface area (TPSA) is 111 Å². The van der Waals surface area contributed by atoms with Gasteiger partial charge in [0.15, 0.2) is 5.69 Å². The molecular formula is C30H25F3N6O2. The van der Waals surface area contributed by atoms with Gasteiger partial charge < -0.3 is 21.0 Å². The van der Waals surface area contributed by atoms with Crippen molar-refractivity contribution in [3.63, 3.8) is 0 Å². The van der Waals surface area contributed by atoms with Crippen LogP contribution in [-0.4, -0.2) is 37.0 Å². The molecule has 5 aromatic rings. The molecule has 0 fully saturated rings. The van der Waals surface area contributed by atoms with Gasteiger partial charge in [0.05, 0.1) is 28.0 Å². The number of nitrogens with two attached hydrogens (primary N) is 1. The molecule has 0 radical (unpaired) electrons. The number of aromatic nitrogens is 4. The van der Waals surface area contributed by atoms with Gasteiger partial charge in [-0.15, -0.1) is 0 Å². The highest BCUT2D eigenvalue weighted by atomic mass is 19.4. The summed E-state index contributed by atoms with van der Waals surface area (Å²) in [5, 5.41) is 23.3. The quantitative estimate of drug-likeness (QED) is 0.252. The summed E-state index contributed by atoms with van der Waals surface area (Å²) in [7, 11) is 0. The minimum atomic E-state index is -5.00. The molecule has 0 amide bonds. The predicted octanol–water partition coefficient (Wildman–Crippen LogP) is 5.31. The van der Waals surface area contributed by atoms with Gasteiger partial charge in [-0.1, -0.05) is 54.6 Å². The highest BCUT2D eigenvalue weighted by Gasteiger charge is 2.59. The second kappa shape index (κ2) is 9.26. The molecule has 11 heteroatoms. The van der Waals surface area contributed by atoms with Crippen molar-refractivity contribution in [3.8, 4) is 17.3 Å². The largest absolute Gasteiger partial charge is 0.493 e. The van der Waals surface area contributed by atoms with Gasteiger partial charge >= 0.3 is 6.18 Å².